The van der Waals surface area contributed by atoms with Gasteiger partial charge in [0.05, 0.1) is 10.8 Å². The van der Waals surface area contributed by atoms with E-state index in [4.69, 9.17) is 0 Å². The summed E-state index contributed by atoms with van der Waals surface area (Å²) in [5.74, 6) is 0.0648. The van der Waals surface area contributed by atoms with Gasteiger partial charge in [0.1, 0.15) is 4.90 Å². The van der Waals surface area contributed by atoms with Gasteiger partial charge in [-0.2, -0.15) is 0 Å². The van der Waals surface area contributed by atoms with Crippen molar-refractivity contribution in [1.82, 2.24) is 9.29 Å². The molecule has 30 heavy (non-hydrogen) atoms. The maximum absolute atomic E-state index is 12.3. The number of aromatic nitrogens is 1. The minimum Gasteiger partial charge on any atom is -0.372 e. The van der Waals surface area contributed by atoms with Crippen molar-refractivity contribution in [2.45, 2.75) is 35.6 Å². The summed E-state index contributed by atoms with van der Waals surface area (Å²) in [6.07, 6.45) is 6.37. The lowest BCUT2D eigenvalue weighted by atomic mass is 10.2. The van der Waals surface area contributed by atoms with Gasteiger partial charge in [0.25, 0.3) is 0 Å². The maximum Gasteiger partial charge on any atom is 0.244 e. The minimum atomic E-state index is -3.50. The Kier molecular flexibility index (Phi) is 7.74. The summed E-state index contributed by atoms with van der Waals surface area (Å²) in [7, 11) is -0.551. The van der Waals surface area contributed by atoms with E-state index in [1.807, 2.05) is 12.1 Å². The summed E-state index contributed by atoms with van der Waals surface area (Å²) < 4.78 is 25.3. The predicted molar refractivity (Wildman–Crippen MR) is 122 cm³/mol. The molecule has 1 N–H and O–H groups in total. The molecule has 162 valence electrons. The van der Waals surface area contributed by atoms with Crippen molar-refractivity contribution < 1.29 is 13.2 Å². The average Bonchev–Trinajstić information content (AvgIpc) is 3.02. The van der Waals surface area contributed by atoms with Crippen molar-refractivity contribution in [1.29, 1.82) is 0 Å². The van der Waals surface area contributed by atoms with E-state index in [0.29, 0.717) is 5.03 Å². The Bertz CT molecular complexity index is 937. The molecule has 3 rings (SSSR count). The third-order valence-electron chi connectivity index (χ3n) is 4.96. The number of thioether (sulfide) groups is 1. The molecule has 1 aromatic carbocycles. The number of nitrogens with zero attached hydrogens (tertiary/aromatic N) is 3. The smallest absolute Gasteiger partial charge is 0.244 e. The summed E-state index contributed by atoms with van der Waals surface area (Å²) in [5, 5.41) is 3.49. The fourth-order valence-corrected chi connectivity index (χ4v) is 4.73. The van der Waals surface area contributed by atoms with Crippen molar-refractivity contribution in [3.63, 3.8) is 0 Å². The predicted octanol–water partition coefficient (Wildman–Crippen LogP) is 3.44. The van der Waals surface area contributed by atoms with Gasteiger partial charge in [-0.15, -0.1) is 0 Å². The van der Waals surface area contributed by atoms with Crippen LogP contribution in [0.15, 0.2) is 52.5 Å². The fourth-order valence-electron chi connectivity index (χ4n) is 3.24. The van der Waals surface area contributed by atoms with E-state index in [-0.39, 0.29) is 16.6 Å². The third-order valence-corrected chi connectivity index (χ3v) is 7.70. The van der Waals surface area contributed by atoms with Gasteiger partial charge < -0.3 is 10.2 Å². The van der Waals surface area contributed by atoms with Gasteiger partial charge >= 0.3 is 0 Å². The highest BCUT2D eigenvalue weighted by atomic mass is 32.2. The number of amides is 1. The van der Waals surface area contributed by atoms with Crippen molar-refractivity contribution in [2.24, 2.45) is 0 Å². The summed E-state index contributed by atoms with van der Waals surface area (Å²) in [4.78, 5) is 18.9. The zero-order valence-corrected chi connectivity index (χ0v) is 19.0. The van der Waals surface area contributed by atoms with Crippen molar-refractivity contribution in [3.8, 4) is 0 Å². The number of sulfonamides is 1. The van der Waals surface area contributed by atoms with Gasteiger partial charge in [0.15, 0.2) is 0 Å². The molecule has 2 aromatic rings. The summed E-state index contributed by atoms with van der Waals surface area (Å²) in [6.45, 7) is 2.17. The molecule has 0 radical (unpaired) electrons. The van der Waals surface area contributed by atoms with E-state index in [0.717, 1.165) is 23.1 Å². The van der Waals surface area contributed by atoms with Gasteiger partial charge in [-0.3, -0.25) is 4.79 Å². The molecular formula is C21H28N4O3S2. The maximum atomic E-state index is 12.3. The van der Waals surface area contributed by atoms with E-state index < -0.39 is 10.0 Å². The van der Waals surface area contributed by atoms with Crippen LogP contribution in [-0.4, -0.2) is 56.6 Å². The molecule has 7 nitrogen and oxygen atoms in total. The second-order valence-corrected chi connectivity index (χ2v) is 10.6. The second-order valence-electron chi connectivity index (χ2n) is 7.40. The van der Waals surface area contributed by atoms with Crippen LogP contribution < -0.4 is 10.2 Å². The molecule has 2 heterocycles. The van der Waals surface area contributed by atoms with Gasteiger partial charge in [-0.25, -0.2) is 17.7 Å². The Labute approximate surface area is 182 Å². The Morgan fingerprint density at radius 3 is 2.30 bits per heavy atom. The molecule has 1 fully saturated rings. The van der Waals surface area contributed by atoms with Crippen LogP contribution in [0.5, 0.6) is 0 Å². The zero-order chi connectivity index (χ0) is 21.6. The van der Waals surface area contributed by atoms with Gasteiger partial charge in [-0.05, 0) is 49.2 Å². The van der Waals surface area contributed by atoms with E-state index in [1.165, 1.54) is 69.5 Å². The first kappa shape index (κ1) is 22.6. The van der Waals surface area contributed by atoms with Gasteiger partial charge in [0.2, 0.25) is 15.9 Å². The lowest BCUT2D eigenvalue weighted by Gasteiger charge is -2.22. The Hall–Kier alpha value is -2.10. The number of carbonyl (C=O) groups is 1. The van der Waals surface area contributed by atoms with Crippen LogP contribution in [0, 0.1) is 0 Å². The molecule has 0 bridgehead atoms. The average molecular weight is 449 g/mol. The lowest BCUT2D eigenvalue weighted by molar-refractivity contribution is -0.113. The molecule has 1 aromatic heterocycles. The third kappa shape index (κ3) is 5.96. The topological polar surface area (TPSA) is 82.6 Å². The molecule has 0 saturated carbocycles. The quantitative estimate of drug-likeness (QED) is 0.654. The van der Waals surface area contributed by atoms with E-state index in [9.17, 15) is 13.2 Å². The minimum absolute atomic E-state index is 0.130. The lowest BCUT2D eigenvalue weighted by Crippen LogP contribution is -2.23. The number of nitrogens with one attached hydrogen (secondary N) is 1. The number of rotatable bonds is 7. The normalized spacial score (nSPS) is 15.1. The molecule has 0 unspecified atom stereocenters. The highest BCUT2D eigenvalue weighted by Gasteiger charge is 2.17. The number of hydrogen-bond acceptors (Lipinski definition) is 6. The monoisotopic (exact) mass is 448 g/mol. The highest BCUT2D eigenvalue weighted by molar-refractivity contribution is 7.99. The van der Waals surface area contributed by atoms with E-state index >= 15 is 0 Å². The molecule has 1 saturated heterocycles. The summed E-state index contributed by atoms with van der Waals surface area (Å²) >= 11 is 1.26. The Morgan fingerprint density at radius 2 is 1.73 bits per heavy atom. The SMILES string of the molecule is CN(C)S(=O)(=O)c1ccc(SCC(=O)Nc2ccc(N3CCCCCC3)cc2)nc1. The second kappa shape index (κ2) is 10.3. The number of hydrogen-bond donors (Lipinski definition) is 1. The van der Waals surface area contributed by atoms with Gasteiger partial charge in [-0.1, -0.05) is 24.6 Å². The van der Waals surface area contributed by atoms with Crippen molar-refractivity contribution in [2.75, 3.05) is 43.2 Å². The molecule has 1 aliphatic rings. The number of benzene rings is 1. The first-order chi connectivity index (χ1) is 14.4. The van der Waals surface area contributed by atoms with Crippen LogP contribution in [0.3, 0.4) is 0 Å². The number of carbonyl (C=O) groups excluding carboxylic acids is 1. The largest absolute Gasteiger partial charge is 0.372 e. The Balaban J connectivity index is 1.51. The molecule has 1 aliphatic heterocycles. The number of anilines is 2. The zero-order valence-electron chi connectivity index (χ0n) is 17.4. The van der Waals surface area contributed by atoms with Crippen LogP contribution in [-0.2, 0) is 14.8 Å². The molecular weight excluding hydrogens is 420 g/mol. The van der Waals surface area contributed by atoms with Crippen LogP contribution in [0.4, 0.5) is 11.4 Å². The van der Waals surface area contributed by atoms with Crippen LogP contribution in [0.2, 0.25) is 0 Å². The summed E-state index contributed by atoms with van der Waals surface area (Å²) in [6, 6.07) is 11.1. The molecule has 0 atom stereocenters. The van der Waals surface area contributed by atoms with Gasteiger partial charge in [0, 0.05) is 44.8 Å². The highest BCUT2D eigenvalue weighted by Crippen LogP contribution is 2.22. The first-order valence-electron chi connectivity index (χ1n) is 10.0. The van der Waals surface area contributed by atoms with Crippen molar-refractivity contribution >= 4 is 39.1 Å². The molecule has 0 spiro atoms. The van der Waals surface area contributed by atoms with Crippen molar-refractivity contribution in [3.05, 3.63) is 42.6 Å². The summed E-state index contributed by atoms with van der Waals surface area (Å²) in [5.41, 5.74) is 1.96. The standard InChI is InChI=1S/C21H28N4O3S2/c1-24(2)30(27,28)19-11-12-21(22-15-19)29-16-20(26)23-17-7-9-18(10-8-17)25-13-5-3-4-6-14-25/h7-12,15H,3-6,13-14,16H2,1-2H3,(H,23,26). The molecule has 9 heteroatoms. The van der Waals surface area contributed by atoms with Crippen LogP contribution >= 0.6 is 11.8 Å². The van der Waals surface area contributed by atoms with Crippen LogP contribution in [0.25, 0.3) is 0 Å². The van der Waals surface area contributed by atoms with E-state index in [2.05, 4.69) is 27.3 Å². The molecule has 0 aliphatic carbocycles. The number of pyridine rings is 1. The molecule has 1 amide bonds. The fraction of sp³-hybridized carbons (Fsp3) is 0.429. The van der Waals surface area contributed by atoms with E-state index in [1.54, 1.807) is 6.07 Å². The first-order valence-corrected chi connectivity index (χ1v) is 12.4. The van der Waals surface area contributed by atoms with Crippen LogP contribution in [0.1, 0.15) is 25.7 Å². The Morgan fingerprint density at radius 1 is 1.07 bits per heavy atom.